The second kappa shape index (κ2) is 7.24. The Morgan fingerprint density at radius 1 is 1.36 bits per heavy atom. The fourth-order valence-electron chi connectivity index (χ4n) is 2.59. The Balaban J connectivity index is 2.00. The van der Waals surface area contributed by atoms with Gasteiger partial charge < -0.3 is 9.84 Å². The van der Waals surface area contributed by atoms with Crippen LogP contribution in [0, 0.1) is 5.92 Å². The van der Waals surface area contributed by atoms with Gasteiger partial charge in [0, 0.05) is 5.92 Å². The number of aliphatic hydroxyl groups excluding tert-OH is 1. The molecule has 2 N–H and O–H groups in total. The standard InChI is InChI=1S/C17H21NO4/c1-12(10-13-6-4-3-5-7-13)16(19)14-8-9-15(11-14)18(21)17(20)22-2/h3-10,14-16,19,21H,11H2,1-2H3/b12-10+/t14-,15+,16?/m1/s1. The normalized spacial score (nSPS) is 22.5. The van der Waals surface area contributed by atoms with Gasteiger partial charge in [-0.25, -0.2) is 4.79 Å². The number of carbonyl (C=O) groups is 1. The molecule has 1 aliphatic carbocycles. The van der Waals surface area contributed by atoms with Crippen molar-refractivity contribution in [1.29, 1.82) is 0 Å². The van der Waals surface area contributed by atoms with E-state index in [9.17, 15) is 15.1 Å². The first-order valence-electron chi connectivity index (χ1n) is 7.18. The molecule has 1 aromatic carbocycles. The van der Waals surface area contributed by atoms with Crippen molar-refractivity contribution in [3.05, 3.63) is 53.6 Å². The molecule has 118 valence electrons. The molecule has 1 unspecified atom stereocenters. The van der Waals surface area contributed by atoms with Crippen molar-refractivity contribution in [3.63, 3.8) is 0 Å². The van der Waals surface area contributed by atoms with E-state index in [1.54, 1.807) is 6.08 Å². The summed E-state index contributed by atoms with van der Waals surface area (Å²) in [5.41, 5.74) is 1.86. The zero-order valence-corrected chi connectivity index (χ0v) is 12.7. The number of hydroxylamine groups is 2. The lowest BCUT2D eigenvalue weighted by Gasteiger charge is -2.23. The van der Waals surface area contributed by atoms with Crippen LogP contribution in [0.1, 0.15) is 18.9 Å². The molecule has 0 saturated heterocycles. The van der Waals surface area contributed by atoms with Crippen LogP contribution in [0.25, 0.3) is 6.08 Å². The summed E-state index contributed by atoms with van der Waals surface area (Å²) in [4.78, 5) is 11.3. The average Bonchev–Trinajstić information content (AvgIpc) is 3.03. The van der Waals surface area contributed by atoms with Crippen LogP contribution in [0.15, 0.2) is 48.1 Å². The van der Waals surface area contributed by atoms with Gasteiger partial charge in [0.25, 0.3) is 0 Å². The molecule has 0 radical (unpaired) electrons. The number of benzene rings is 1. The van der Waals surface area contributed by atoms with Crippen molar-refractivity contribution < 1.29 is 19.8 Å². The van der Waals surface area contributed by atoms with Crippen LogP contribution < -0.4 is 0 Å². The van der Waals surface area contributed by atoms with Gasteiger partial charge in [0.05, 0.1) is 19.3 Å². The number of methoxy groups -OCH3 is 1. The van der Waals surface area contributed by atoms with Gasteiger partial charge in [0.2, 0.25) is 0 Å². The second-order valence-electron chi connectivity index (χ2n) is 5.41. The molecule has 1 aromatic rings. The predicted molar refractivity (Wildman–Crippen MR) is 83.2 cm³/mol. The van der Waals surface area contributed by atoms with E-state index >= 15 is 0 Å². The third-order valence-corrected chi connectivity index (χ3v) is 3.84. The smallest absolute Gasteiger partial charge is 0.434 e. The summed E-state index contributed by atoms with van der Waals surface area (Å²) in [6, 6.07) is 9.29. The number of hydrogen-bond acceptors (Lipinski definition) is 4. The van der Waals surface area contributed by atoms with Gasteiger partial charge >= 0.3 is 6.09 Å². The summed E-state index contributed by atoms with van der Waals surface area (Å²) in [6.45, 7) is 1.87. The molecule has 5 heteroatoms. The molecule has 0 saturated carbocycles. The summed E-state index contributed by atoms with van der Waals surface area (Å²) >= 11 is 0. The van der Waals surface area contributed by atoms with Crippen LogP contribution in [0.4, 0.5) is 4.79 Å². The maximum absolute atomic E-state index is 11.3. The molecule has 2 rings (SSSR count). The summed E-state index contributed by atoms with van der Waals surface area (Å²) in [6.07, 6.45) is 4.45. The van der Waals surface area contributed by atoms with E-state index in [0.717, 1.165) is 11.1 Å². The van der Waals surface area contributed by atoms with E-state index < -0.39 is 18.2 Å². The lowest BCUT2D eigenvalue weighted by molar-refractivity contribution is -0.0910. The molecular weight excluding hydrogens is 282 g/mol. The Hall–Kier alpha value is -2.11. The minimum absolute atomic E-state index is 0.149. The SMILES string of the molecule is COC(=O)N(O)[C@H]1C=C[C@@H](C(O)/C(C)=C/c2ccccc2)C1. The van der Waals surface area contributed by atoms with Gasteiger partial charge in [-0.05, 0) is 24.5 Å². The fourth-order valence-corrected chi connectivity index (χ4v) is 2.59. The Labute approximate surface area is 130 Å². The monoisotopic (exact) mass is 303 g/mol. The Morgan fingerprint density at radius 3 is 2.68 bits per heavy atom. The number of ether oxygens (including phenoxy) is 1. The third-order valence-electron chi connectivity index (χ3n) is 3.84. The molecule has 22 heavy (non-hydrogen) atoms. The van der Waals surface area contributed by atoms with Crippen LogP contribution >= 0.6 is 0 Å². The van der Waals surface area contributed by atoms with Gasteiger partial charge in [0.15, 0.2) is 0 Å². The highest BCUT2D eigenvalue weighted by Gasteiger charge is 2.31. The summed E-state index contributed by atoms with van der Waals surface area (Å²) < 4.78 is 4.48. The van der Waals surface area contributed by atoms with Crippen molar-refractivity contribution in [3.8, 4) is 0 Å². The molecule has 1 amide bonds. The van der Waals surface area contributed by atoms with Crippen molar-refractivity contribution in [2.75, 3.05) is 7.11 Å². The lowest BCUT2D eigenvalue weighted by atomic mass is 9.94. The molecule has 0 spiro atoms. The summed E-state index contributed by atoms with van der Waals surface area (Å²) in [7, 11) is 1.21. The zero-order chi connectivity index (χ0) is 16.1. The Morgan fingerprint density at radius 2 is 2.05 bits per heavy atom. The highest BCUT2D eigenvalue weighted by atomic mass is 16.6. The van der Waals surface area contributed by atoms with Gasteiger partial charge in [-0.2, -0.15) is 5.06 Å². The molecule has 0 fully saturated rings. The van der Waals surface area contributed by atoms with E-state index in [2.05, 4.69) is 4.74 Å². The summed E-state index contributed by atoms with van der Waals surface area (Å²) in [5, 5.41) is 20.7. The first-order chi connectivity index (χ1) is 10.5. The van der Waals surface area contributed by atoms with Gasteiger partial charge in [-0.3, -0.25) is 5.21 Å². The Kier molecular flexibility index (Phi) is 5.35. The zero-order valence-electron chi connectivity index (χ0n) is 12.7. The fraction of sp³-hybridized carbons (Fsp3) is 0.353. The largest absolute Gasteiger partial charge is 0.451 e. The van der Waals surface area contributed by atoms with Crippen LogP contribution in [0.5, 0.6) is 0 Å². The van der Waals surface area contributed by atoms with Gasteiger partial charge in [0.1, 0.15) is 0 Å². The van der Waals surface area contributed by atoms with Crippen molar-refractivity contribution in [1.82, 2.24) is 5.06 Å². The quantitative estimate of drug-likeness (QED) is 0.510. The third kappa shape index (κ3) is 3.75. The maximum atomic E-state index is 11.3. The molecule has 1 aliphatic rings. The molecule has 0 aliphatic heterocycles. The number of aliphatic hydroxyl groups is 1. The van der Waals surface area contributed by atoms with Gasteiger partial charge in [-0.15, -0.1) is 0 Å². The molecule has 0 aromatic heterocycles. The number of amides is 1. The van der Waals surface area contributed by atoms with E-state index in [0.29, 0.717) is 11.5 Å². The lowest BCUT2D eigenvalue weighted by Crippen LogP contribution is -2.36. The number of hydrogen-bond donors (Lipinski definition) is 2. The van der Waals surface area contributed by atoms with E-state index in [1.807, 2.05) is 49.4 Å². The highest BCUT2D eigenvalue weighted by molar-refractivity contribution is 5.66. The number of carbonyl (C=O) groups excluding carboxylic acids is 1. The second-order valence-corrected chi connectivity index (χ2v) is 5.41. The molecule has 3 atom stereocenters. The minimum Gasteiger partial charge on any atom is -0.451 e. The minimum atomic E-state index is -0.804. The van der Waals surface area contributed by atoms with Crippen LogP contribution in [0.2, 0.25) is 0 Å². The van der Waals surface area contributed by atoms with Gasteiger partial charge in [-0.1, -0.05) is 48.6 Å². The van der Waals surface area contributed by atoms with Crippen molar-refractivity contribution in [2.24, 2.45) is 5.92 Å². The van der Waals surface area contributed by atoms with E-state index in [4.69, 9.17) is 0 Å². The topological polar surface area (TPSA) is 70.0 Å². The maximum Gasteiger partial charge on any atom is 0.434 e. The molecule has 5 nitrogen and oxygen atoms in total. The van der Waals surface area contributed by atoms with Crippen LogP contribution in [0.3, 0.4) is 0 Å². The molecule has 0 heterocycles. The molecule has 0 bridgehead atoms. The van der Waals surface area contributed by atoms with E-state index in [-0.39, 0.29) is 5.92 Å². The van der Waals surface area contributed by atoms with E-state index in [1.165, 1.54) is 7.11 Å². The first-order valence-corrected chi connectivity index (χ1v) is 7.18. The van der Waals surface area contributed by atoms with Crippen molar-refractivity contribution in [2.45, 2.75) is 25.5 Å². The van der Waals surface area contributed by atoms with Crippen LogP contribution in [-0.4, -0.2) is 40.7 Å². The predicted octanol–water partition coefficient (Wildman–Crippen LogP) is 2.85. The number of rotatable bonds is 4. The Bertz CT molecular complexity index is 567. The number of nitrogens with zero attached hydrogens (tertiary/aromatic N) is 1. The highest BCUT2D eigenvalue weighted by Crippen LogP contribution is 2.28. The van der Waals surface area contributed by atoms with Crippen molar-refractivity contribution >= 4 is 12.2 Å². The molecular formula is C17H21NO4. The first kappa shape index (κ1) is 16.3. The van der Waals surface area contributed by atoms with Crippen LogP contribution in [-0.2, 0) is 4.74 Å². The average molecular weight is 303 g/mol. The summed E-state index contributed by atoms with van der Waals surface area (Å²) in [5.74, 6) is -0.149.